The van der Waals surface area contributed by atoms with Crippen molar-refractivity contribution >= 4 is 25.8 Å². The van der Waals surface area contributed by atoms with Crippen LogP contribution >= 0.6 is 15.9 Å². The van der Waals surface area contributed by atoms with Crippen LogP contribution < -0.4 is 0 Å². The van der Waals surface area contributed by atoms with E-state index in [1.165, 1.54) is 0 Å². The number of nitrogens with zero attached hydrogens (tertiary/aromatic N) is 3. The largest absolute Gasteiger partial charge is 0.416 e. The zero-order chi connectivity index (χ0) is 30.5. The van der Waals surface area contributed by atoms with Crippen LogP contribution in [-0.2, 0) is 26.4 Å². The van der Waals surface area contributed by atoms with Gasteiger partial charge in [-0.1, -0.05) is 28.1 Å². The average molecular weight is 669 g/mol. The molecule has 0 spiro atoms. The quantitative estimate of drug-likeness (QED) is 0.302. The maximum atomic E-state index is 14.2. The molecule has 1 aliphatic carbocycles. The van der Waals surface area contributed by atoms with Gasteiger partial charge in [-0.3, -0.25) is 0 Å². The van der Waals surface area contributed by atoms with E-state index in [1.54, 1.807) is 13.8 Å². The van der Waals surface area contributed by atoms with Gasteiger partial charge in [0.25, 0.3) is 0 Å². The summed E-state index contributed by atoms with van der Waals surface area (Å²) < 4.78 is 69.7. The highest BCUT2D eigenvalue weighted by Crippen LogP contribution is 2.48. The van der Waals surface area contributed by atoms with Gasteiger partial charge in [-0.25, -0.2) is 13.4 Å². The highest BCUT2D eigenvalue weighted by atomic mass is 79.9. The standard InChI is InChI=1S/C31H37BrF3N3O3S/c1-21-20-38(28(36-21)29(2,3)39)26-14-18-37(19-15-26)25-12-16-30(17-13-25,22-4-8-24(32)9-5-22)42(40,41)27-10-6-23(7-11-27)31(33,34)35/h4-11,20,25-26,39H,12-19H2,1-3H3. The third-order valence-electron chi connectivity index (χ3n) is 8.95. The van der Waals surface area contributed by atoms with Crippen LogP contribution in [0.5, 0.6) is 0 Å². The normalized spacial score (nSPS) is 23.3. The molecule has 2 heterocycles. The number of sulfone groups is 1. The number of benzene rings is 2. The Labute approximate surface area is 254 Å². The fourth-order valence-corrected chi connectivity index (χ4v) is 9.15. The van der Waals surface area contributed by atoms with E-state index in [0.717, 1.165) is 60.4 Å². The second kappa shape index (κ2) is 11.4. The van der Waals surface area contributed by atoms with E-state index in [0.29, 0.717) is 37.1 Å². The third-order valence-corrected chi connectivity index (χ3v) is 12.0. The van der Waals surface area contributed by atoms with Gasteiger partial charge in [-0.15, -0.1) is 0 Å². The fourth-order valence-electron chi connectivity index (χ4n) is 6.73. The van der Waals surface area contributed by atoms with Crippen molar-refractivity contribution in [2.75, 3.05) is 13.1 Å². The molecule has 0 bridgehead atoms. The highest BCUT2D eigenvalue weighted by Gasteiger charge is 2.49. The highest BCUT2D eigenvalue weighted by molar-refractivity contribution is 9.10. The summed E-state index contributed by atoms with van der Waals surface area (Å²) in [6.07, 6.45) is 1.36. The topological polar surface area (TPSA) is 75.4 Å². The monoisotopic (exact) mass is 667 g/mol. The maximum absolute atomic E-state index is 14.2. The van der Waals surface area contributed by atoms with Crippen LogP contribution in [0.25, 0.3) is 0 Å². The Balaban J connectivity index is 1.35. The van der Waals surface area contributed by atoms with Crippen molar-refractivity contribution in [1.82, 2.24) is 14.5 Å². The summed E-state index contributed by atoms with van der Waals surface area (Å²) >= 11 is 3.43. The Morgan fingerprint density at radius 3 is 2.02 bits per heavy atom. The van der Waals surface area contributed by atoms with Crippen LogP contribution in [0.3, 0.4) is 0 Å². The summed E-state index contributed by atoms with van der Waals surface area (Å²) in [5.41, 5.74) is -0.367. The van der Waals surface area contributed by atoms with Crippen LogP contribution in [0, 0.1) is 6.92 Å². The lowest BCUT2D eigenvalue weighted by Crippen LogP contribution is -2.48. The molecule has 6 nitrogen and oxygen atoms in total. The number of piperidine rings is 1. The van der Waals surface area contributed by atoms with Crippen LogP contribution in [0.15, 0.2) is 64.1 Å². The van der Waals surface area contributed by atoms with Crippen molar-refractivity contribution < 1.29 is 26.7 Å². The second-order valence-corrected chi connectivity index (χ2v) is 15.4. The van der Waals surface area contributed by atoms with Crippen molar-refractivity contribution in [3.8, 4) is 0 Å². The molecule has 42 heavy (non-hydrogen) atoms. The molecule has 1 aromatic heterocycles. The summed E-state index contributed by atoms with van der Waals surface area (Å²) in [6.45, 7) is 7.14. The van der Waals surface area contributed by atoms with E-state index >= 15 is 0 Å². The average Bonchev–Trinajstić information content (AvgIpc) is 3.35. The molecule has 1 N–H and O–H groups in total. The molecule has 3 aromatic rings. The first kappa shape index (κ1) is 31.2. The SMILES string of the molecule is Cc1cn(C2CCN(C3CCC(c4ccc(Br)cc4)(S(=O)(=O)c4ccc(C(F)(F)F)cc4)CC3)CC2)c(C(C)(C)O)n1. The predicted octanol–water partition coefficient (Wildman–Crippen LogP) is 7.15. The number of aromatic nitrogens is 2. The number of aliphatic hydroxyl groups is 1. The summed E-state index contributed by atoms with van der Waals surface area (Å²) in [7, 11) is -4.00. The summed E-state index contributed by atoms with van der Waals surface area (Å²) in [4.78, 5) is 6.92. The molecular weight excluding hydrogens is 631 g/mol. The fraction of sp³-hybridized carbons (Fsp3) is 0.516. The van der Waals surface area contributed by atoms with Gasteiger partial charge in [0.15, 0.2) is 9.84 Å². The third kappa shape index (κ3) is 5.94. The number of imidazole rings is 1. The van der Waals surface area contributed by atoms with Crippen LogP contribution in [0.1, 0.15) is 81.1 Å². The number of likely N-dealkylation sites (tertiary alicyclic amines) is 1. The summed E-state index contributed by atoms with van der Waals surface area (Å²) in [5.74, 6) is 0.670. The molecular formula is C31H37BrF3N3O3S. The number of hydrogen-bond acceptors (Lipinski definition) is 5. The molecule has 0 atom stereocenters. The first-order chi connectivity index (χ1) is 19.6. The molecule has 1 saturated carbocycles. The zero-order valence-corrected chi connectivity index (χ0v) is 26.4. The molecule has 5 rings (SSSR count). The van der Waals surface area contributed by atoms with Crippen LogP contribution in [0.4, 0.5) is 13.2 Å². The molecule has 1 aliphatic heterocycles. The molecule has 0 radical (unpaired) electrons. The Morgan fingerprint density at radius 2 is 1.50 bits per heavy atom. The number of aryl methyl sites for hydroxylation is 1. The van der Waals surface area contributed by atoms with Gasteiger partial charge in [0.05, 0.1) is 16.2 Å². The van der Waals surface area contributed by atoms with Crippen molar-refractivity contribution in [2.45, 2.75) is 92.8 Å². The van der Waals surface area contributed by atoms with Gasteiger partial charge in [-0.05, 0) is 101 Å². The number of alkyl halides is 3. The lowest BCUT2D eigenvalue weighted by molar-refractivity contribution is -0.137. The van der Waals surface area contributed by atoms with Gasteiger partial charge < -0.3 is 14.6 Å². The minimum atomic E-state index is -4.54. The lowest BCUT2D eigenvalue weighted by atomic mass is 9.80. The van der Waals surface area contributed by atoms with Crippen LogP contribution in [0.2, 0.25) is 0 Å². The van der Waals surface area contributed by atoms with E-state index in [2.05, 4.69) is 30.4 Å². The lowest BCUT2D eigenvalue weighted by Gasteiger charge is -2.45. The van der Waals surface area contributed by atoms with Crippen molar-refractivity contribution in [3.63, 3.8) is 0 Å². The summed E-state index contributed by atoms with van der Waals surface area (Å²) in [6, 6.07) is 11.6. The van der Waals surface area contributed by atoms with Gasteiger partial charge in [0, 0.05) is 35.8 Å². The first-order valence-electron chi connectivity index (χ1n) is 14.3. The molecule has 2 fully saturated rings. The van der Waals surface area contributed by atoms with E-state index in [4.69, 9.17) is 0 Å². The molecule has 1 saturated heterocycles. The van der Waals surface area contributed by atoms with E-state index in [1.807, 2.05) is 37.4 Å². The van der Waals surface area contributed by atoms with Crippen molar-refractivity contribution in [3.05, 3.63) is 81.8 Å². The molecule has 0 unspecified atom stereocenters. The number of hydrogen-bond donors (Lipinski definition) is 1. The van der Waals surface area contributed by atoms with Gasteiger partial charge in [-0.2, -0.15) is 13.2 Å². The minimum Gasteiger partial charge on any atom is -0.383 e. The molecule has 11 heteroatoms. The minimum absolute atomic E-state index is 0.0871. The van der Waals surface area contributed by atoms with Gasteiger partial charge >= 0.3 is 6.18 Å². The maximum Gasteiger partial charge on any atom is 0.416 e. The second-order valence-electron chi connectivity index (χ2n) is 12.2. The molecule has 2 aromatic carbocycles. The first-order valence-corrected chi connectivity index (χ1v) is 16.6. The predicted molar refractivity (Wildman–Crippen MR) is 159 cm³/mol. The molecule has 0 amide bonds. The van der Waals surface area contributed by atoms with E-state index < -0.39 is 31.9 Å². The Kier molecular flexibility index (Phi) is 8.45. The molecule has 228 valence electrons. The van der Waals surface area contributed by atoms with E-state index in [-0.39, 0.29) is 17.0 Å². The molecule has 2 aliphatic rings. The van der Waals surface area contributed by atoms with E-state index in [9.17, 15) is 26.7 Å². The van der Waals surface area contributed by atoms with Crippen molar-refractivity contribution in [2.24, 2.45) is 0 Å². The van der Waals surface area contributed by atoms with Crippen molar-refractivity contribution in [1.29, 1.82) is 0 Å². The Morgan fingerprint density at radius 1 is 0.929 bits per heavy atom. The number of rotatable bonds is 6. The summed E-state index contributed by atoms with van der Waals surface area (Å²) in [5, 5.41) is 10.6. The van der Waals surface area contributed by atoms with Crippen LogP contribution in [-0.4, -0.2) is 47.1 Å². The number of halogens is 4. The Bertz CT molecular complexity index is 1500. The van der Waals surface area contributed by atoms with Gasteiger partial charge in [0.2, 0.25) is 0 Å². The smallest absolute Gasteiger partial charge is 0.383 e. The Hall–Kier alpha value is -2.21. The van der Waals surface area contributed by atoms with Gasteiger partial charge in [0.1, 0.15) is 16.2 Å². The zero-order valence-electron chi connectivity index (χ0n) is 24.0.